The Morgan fingerprint density at radius 1 is 1.50 bits per heavy atom. The average Bonchev–Trinajstić information content (AvgIpc) is 2.18. The van der Waals surface area contributed by atoms with E-state index in [2.05, 4.69) is 0 Å². The number of phenolic OH excluding ortho intramolecular Hbond substituents is 1. The summed E-state index contributed by atoms with van der Waals surface area (Å²) in [6.07, 6.45) is -0.856. The van der Waals surface area contributed by atoms with Crippen molar-refractivity contribution >= 4 is 0 Å². The Labute approximate surface area is 82.9 Å². The Kier molecular flexibility index (Phi) is 3.33. The maximum Gasteiger partial charge on any atom is 0.163 e. The molecular weight excluding hydrogens is 182 g/mol. The fourth-order valence-corrected chi connectivity index (χ4v) is 1.39. The molecule has 4 nitrogen and oxygen atoms in total. The molecule has 0 aliphatic heterocycles. The highest BCUT2D eigenvalue weighted by molar-refractivity contribution is 5.50. The van der Waals surface area contributed by atoms with Crippen molar-refractivity contribution in [3.8, 4) is 11.5 Å². The van der Waals surface area contributed by atoms with Crippen LogP contribution in [0.3, 0.4) is 0 Å². The van der Waals surface area contributed by atoms with E-state index >= 15 is 0 Å². The van der Waals surface area contributed by atoms with E-state index in [4.69, 9.17) is 10.5 Å². The molecule has 0 spiro atoms. The number of phenols is 1. The van der Waals surface area contributed by atoms with E-state index in [0.29, 0.717) is 11.3 Å². The SMILES string of the molecule is COc1ccc(C)c(C(O)CN)c1O. The van der Waals surface area contributed by atoms with Crippen LogP contribution in [-0.2, 0) is 0 Å². The van der Waals surface area contributed by atoms with Gasteiger partial charge >= 0.3 is 0 Å². The molecule has 0 fully saturated rings. The van der Waals surface area contributed by atoms with Crippen LogP contribution in [0.2, 0.25) is 0 Å². The molecule has 0 heterocycles. The van der Waals surface area contributed by atoms with Crippen molar-refractivity contribution in [3.05, 3.63) is 23.3 Å². The van der Waals surface area contributed by atoms with Gasteiger partial charge in [0.2, 0.25) is 0 Å². The van der Waals surface area contributed by atoms with Gasteiger partial charge in [0, 0.05) is 12.1 Å². The molecule has 0 bridgehead atoms. The van der Waals surface area contributed by atoms with E-state index in [-0.39, 0.29) is 12.3 Å². The highest BCUT2D eigenvalue weighted by Crippen LogP contribution is 2.35. The molecule has 0 saturated heterocycles. The van der Waals surface area contributed by atoms with Gasteiger partial charge in [0.15, 0.2) is 11.5 Å². The van der Waals surface area contributed by atoms with Crippen LogP contribution in [0.1, 0.15) is 17.2 Å². The number of aryl methyl sites for hydroxylation is 1. The first-order chi connectivity index (χ1) is 6.61. The molecule has 0 radical (unpaired) electrons. The molecule has 0 amide bonds. The van der Waals surface area contributed by atoms with Crippen molar-refractivity contribution in [3.63, 3.8) is 0 Å². The highest BCUT2D eigenvalue weighted by atomic mass is 16.5. The number of hydrogen-bond donors (Lipinski definition) is 3. The largest absolute Gasteiger partial charge is 0.504 e. The van der Waals surface area contributed by atoms with Gasteiger partial charge in [0.25, 0.3) is 0 Å². The van der Waals surface area contributed by atoms with Gasteiger partial charge in [-0.3, -0.25) is 0 Å². The summed E-state index contributed by atoms with van der Waals surface area (Å²) in [5.41, 5.74) is 6.56. The fraction of sp³-hybridized carbons (Fsp3) is 0.400. The number of aromatic hydroxyl groups is 1. The summed E-state index contributed by atoms with van der Waals surface area (Å²) in [6, 6.07) is 3.42. The molecule has 1 rings (SSSR count). The van der Waals surface area contributed by atoms with Crippen LogP contribution in [-0.4, -0.2) is 23.9 Å². The molecule has 0 aliphatic rings. The van der Waals surface area contributed by atoms with Gasteiger partial charge in [-0.2, -0.15) is 0 Å². The van der Waals surface area contributed by atoms with Crippen LogP contribution in [0.15, 0.2) is 12.1 Å². The van der Waals surface area contributed by atoms with Gasteiger partial charge in [0.05, 0.1) is 13.2 Å². The number of aliphatic hydroxyl groups is 1. The van der Waals surface area contributed by atoms with Crippen LogP contribution in [0, 0.1) is 6.92 Å². The van der Waals surface area contributed by atoms with Gasteiger partial charge in [-0.25, -0.2) is 0 Å². The molecule has 1 atom stereocenters. The van der Waals surface area contributed by atoms with E-state index in [9.17, 15) is 10.2 Å². The summed E-state index contributed by atoms with van der Waals surface area (Å²) in [6.45, 7) is 1.87. The lowest BCUT2D eigenvalue weighted by molar-refractivity contribution is 0.181. The van der Waals surface area contributed by atoms with Crippen molar-refractivity contribution in [2.75, 3.05) is 13.7 Å². The molecule has 1 aromatic rings. The zero-order valence-corrected chi connectivity index (χ0v) is 8.32. The predicted octanol–water partition coefficient (Wildman–Crippen LogP) is 0.701. The molecular formula is C10H15NO3. The third-order valence-electron chi connectivity index (χ3n) is 2.17. The second-order valence-electron chi connectivity index (χ2n) is 3.10. The van der Waals surface area contributed by atoms with Crippen LogP contribution in [0.4, 0.5) is 0 Å². The molecule has 0 aromatic heterocycles. The minimum absolute atomic E-state index is 0.0366. The Balaban J connectivity index is 3.25. The minimum Gasteiger partial charge on any atom is -0.504 e. The second-order valence-corrected chi connectivity index (χ2v) is 3.10. The molecule has 0 saturated carbocycles. The molecule has 4 N–H and O–H groups in total. The Morgan fingerprint density at radius 2 is 2.14 bits per heavy atom. The van der Waals surface area contributed by atoms with E-state index < -0.39 is 6.10 Å². The molecule has 1 aromatic carbocycles. The van der Waals surface area contributed by atoms with Crippen molar-refractivity contribution < 1.29 is 14.9 Å². The Hall–Kier alpha value is -1.26. The van der Waals surface area contributed by atoms with E-state index in [0.717, 1.165) is 5.56 Å². The predicted molar refractivity (Wildman–Crippen MR) is 53.4 cm³/mol. The smallest absolute Gasteiger partial charge is 0.163 e. The summed E-state index contributed by atoms with van der Waals surface area (Å²) in [5, 5.41) is 19.3. The molecule has 4 heteroatoms. The van der Waals surface area contributed by atoms with Gasteiger partial charge in [-0.05, 0) is 18.6 Å². The van der Waals surface area contributed by atoms with E-state index in [1.165, 1.54) is 7.11 Å². The van der Waals surface area contributed by atoms with E-state index in [1.807, 2.05) is 0 Å². The number of methoxy groups -OCH3 is 1. The first-order valence-corrected chi connectivity index (χ1v) is 4.36. The summed E-state index contributed by atoms with van der Waals surface area (Å²) in [5.74, 6) is 0.309. The van der Waals surface area contributed by atoms with Crippen molar-refractivity contribution in [2.24, 2.45) is 5.73 Å². The average molecular weight is 197 g/mol. The molecule has 1 unspecified atom stereocenters. The standard InChI is InChI=1S/C10H15NO3/c1-6-3-4-8(14-2)10(13)9(6)7(12)5-11/h3-4,7,12-13H,5,11H2,1-2H3. The van der Waals surface area contributed by atoms with Crippen LogP contribution in [0.25, 0.3) is 0 Å². The van der Waals surface area contributed by atoms with Crippen LogP contribution < -0.4 is 10.5 Å². The lowest BCUT2D eigenvalue weighted by Crippen LogP contribution is -2.13. The lowest BCUT2D eigenvalue weighted by atomic mass is 10.0. The molecule has 78 valence electrons. The minimum atomic E-state index is -0.856. The van der Waals surface area contributed by atoms with E-state index in [1.54, 1.807) is 19.1 Å². The van der Waals surface area contributed by atoms with Crippen molar-refractivity contribution in [1.82, 2.24) is 0 Å². The quantitative estimate of drug-likeness (QED) is 0.666. The topological polar surface area (TPSA) is 75.7 Å². The van der Waals surface area contributed by atoms with Crippen LogP contribution >= 0.6 is 0 Å². The van der Waals surface area contributed by atoms with Crippen molar-refractivity contribution in [1.29, 1.82) is 0 Å². The van der Waals surface area contributed by atoms with Gasteiger partial charge < -0.3 is 20.7 Å². The summed E-state index contributed by atoms with van der Waals surface area (Å²) < 4.78 is 4.93. The first-order valence-electron chi connectivity index (χ1n) is 4.36. The summed E-state index contributed by atoms with van der Waals surface area (Å²) in [7, 11) is 1.46. The normalized spacial score (nSPS) is 12.6. The number of hydrogen-bond acceptors (Lipinski definition) is 4. The third-order valence-corrected chi connectivity index (χ3v) is 2.17. The zero-order valence-electron chi connectivity index (χ0n) is 8.32. The maximum atomic E-state index is 9.73. The Bertz CT molecular complexity index is 325. The highest BCUT2D eigenvalue weighted by Gasteiger charge is 2.16. The zero-order chi connectivity index (χ0) is 10.7. The maximum absolute atomic E-state index is 9.73. The number of rotatable bonds is 3. The number of nitrogens with two attached hydrogens (primary N) is 1. The number of benzene rings is 1. The lowest BCUT2D eigenvalue weighted by Gasteiger charge is -2.15. The van der Waals surface area contributed by atoms with Crippen molar-refractivity contribution in [2.45, 2.75) is 13.0 Å². The number of ether oxygens (including phenoxy) is 1. The second kappa shape index (κ2) is 4.30. The third kappa shape index (κ3) is 1.81. The monoisotopic (exact) mass is 197 g/mol. The van der Waals surface area contributed by atoms with Gasteiger partial charge in [0.1, 0.15) is 0 Å². The Morgan fingerprint density at radius 3 is 2.64 bits per heavy atom. The van der Waals surface area contributed by atoms with Gasteiger partial charge in [-0.1, -0.05) is 6.07 Å². The molecule has 0 aliphatic carbocycles. The number of aliphatic hydroxyl groups excluding tert-OH is 1. The molecule has 14 heavy (non-hydrogen) atoms. The van der Waals surface area contributed by atoms with Crippen LogP contribution in [0.5, 0.6) is 11.5 Å². The first kappa shape index (κ1) is 10.8. The summed E-state index contributed by atoms with van der Waals surface area (Å²) in [4.78, 5) is 0. The van der Waals surface area contributed by atoms with Gasteiger partial charge in [-0.15, -0.1) is 0 Å². The fourth-order valence-electron chi connectivity index (χ4n) is 1.39. The summed E-state index contributed by atoms with van der Waals surface area (Å²) >= 11 is 0.